The monoisotopic (exact) mass is 260 g/mol. The Labute approximate surface area is 114 Å². The number of nitrogens with zero attached hydrogens (tertiary/aromatic N) is 1. The van der Waals surface area contributed by atoms with Gasteiger partial charge in [-0.2, -0.15) is 5.26 Å². The van der Waals surface area contributed by atoms with Gasteiger partial charge in [-0.3, -0.25) is 0 Å². The van der Waals surface area contributed by atoms with Crippen molar-refractivity contribution in [3.63, 3.8) is 0 Å². The largest absolute Gasteiger partial charge is 0.497 e. The summed E-state index contributed by atoms with van der Waals surface area (Å²) in [5.74, 6) is 1.65. The van der Waals surface area contributed by atoms with Gasteiger partial charge in [0.25, 0.3) is 0 Å². The van der Waals surface area contributed by atoms with Crippen molar-refractivity contribution in [2.24, 2.45) is 0 Å². The first-order chi connectivity index (χ1) is 9.33. The van der Waals surface area contributed by atoms with Crippen LogP contribution in [-0.4, -0.2) is 19.8 Å². The molecule has 0 unspecified atom stereocenters. The zero-order chi connectivity index (χ0) is 13.5. The molecule has 1 saturated carbocycles. The Hall–Kier alpha value is -1.73. The fraction of sp³-hybridized carbons (Fsp3) is 0.533. The highest BCUT2D eigenvalue weighted by atomic mass is 16.5. The van der Waals surface area contributed by atoms with Crippen molar-refractivity contribution >= 4 is 0 Å². The van der Waals surface area contributed by atoms with Gasteiger partial charge in [-0.25, -0.2) is 0 Å². The molecule has 0 radical (unpaired) electrons. The van der Waals surface area contributed by atoms with Crippen molar-refractivity contribution < 1.29 is 9.47 Å². The number of hydrogen-bond donors (Lipinski definition) is 1. The van der Waals surface area contributed by atoms with Crippen LogP contribution in [0.25, 0.3) is 0 Å². The van der Waals surface area contributed by atoms with Gasteiger partial charge in [-0.1, -0.05) is 6.07 Å². The van der Waals surface area contributed by atoms with Crippen LogP contribution < -0.4 is 14.8 Å². The minimum atomic E-state index is 0.527. The fourth-order valence-electron chi connectivity index (χ4n) is 1.82. The van der Waals surface area contributed by atoms with Gasteiger partial charge >= 0.3 is 0 Å². The van der Waals surface area contributed by atoms with E-state index in [-0.39, 0.29) is 0 Å². The Morgan fingerprint density at radius 3 is 2.95 bits per heavy atom. The molecule has 1 N–H and O–H groups in total. The van der Waals surface area contributed by atoms with E-state index in [0.29, 0.717) is 19.1 Å². The quantitative estimate of drug-likeness (QED) is 0.730. The van der Waals surface area contributed by atoms with Gasteiger partial charge in [0.1, 0.15) is 11.5 Å². The van der Waals surface area contributed by atoms with Crippen LogP contribution >= 0.6 is 0 Å². The van der Waals surface area contributed by atoms with Gasteiger partial charge in [-0.05, 0) is 25.3 Å². The Kier molecular flexibility index (Phi) is 5.05. The number of rotatable bonds is 8. The van der Waals surface area contributed by atoms with Crippen LogP contribution in [0.4, 0.5) is 0 Å². The van der Waals surface area contributed by atoms with Crippen molar-refractivity contribution in [2.45, 2.75) is 38.3 Å². The second kappa shape index (κ2) is 7.01. The highest BCUT2D eigenvalue weighted by molar-refractivity contribution is 5.40. The van der Waals surface area contributed by atoms with Crippen molar-refractivity contribution in [2.75, 3.05) is 13.7 Å². The zero-order valence-electron chi connectivity index (χ0n) is 11.3. The molecular formula is C15H20N2O2. The van der Waals surface area contributed by atoms with Gasteiger partial charge in [0.05, 0.1) is 19.8 Å². The molecule has 0 bridgehead atoms. The summed E-state index contributed by atoms with van der Waals surface area (Å²) in [6.45, 7) is 1.39. The molecule has 1 aliphatic carbocycles. The summed E-state index contributed by atoms with van der Waals surface area (Å²) in [6.07, 6.45) is 3.83. The summed E-state index contributed by atoms with van der Waals surface area (Å²) >= 11 is 0. The van der Waals surface area contributed by atoms with E-state index in [9.17, 15) is 0 Å². The summed E-state index contributed by atoms with van der Waals surface area (Å²) in [6, 6.07) is 8.70. The minimum absolute atomic E-state index is 0.527. The third kappa shape index (κ3) is 4.46. The van der Waals surface area contributed by atoms with Gasteiger partial charge in [-0.15, -0.1) is 0 Å². The summed E-state index contributed by atoms with van der Waals surface area (Å²) in [7, 11) is 1.65. The average Bonchev–Trinajstić information content (AvgIpc) is 3.26. The smallest absolute Gasteiger partial charge is 0.127 e. The number of benzene rings is 1. The predicted octanol–water partition coefficient (Wildman–Crippen LogP) is 2.63. The van der Waals surface area contributed by atoms with E-state index in [2.05, 4.69) is 11.4 Å². The van der Waals surface area contributed by atoms with Crippen LogP contribution in [0.5, 0.6) is 11.5 Å². The predicted molar refractivity (Wildman–Crippen MR) is 73.2 cm³/mol. The molecule has 1 aromatic rings. The molecule has 0 spiro atoms. The molecule has 4 heteroatoms. The van der Waals surface area contributed by atoms with Crippen molar-refractivity contribution in [3.05, 3.63) is 23.8 Å². The first-order valence-corrected chi connectivity index (χ1v) is 6.73. The lowest BCUT2D eigenvalue weighted by Crippen LogP contribution is -2.16. The third-order valence-corrected chi connectivity index (χ3v) is 3.12. The number of hydrogen-bond acceptors (Lipinski definition) is 4. The molecule has 1 aromatic carbocycles. The fourth-order valence-corrected chi connectivity index (χ4v) is 1.82. The van der Waals surface area contributed by atoms with E-state index >= 15 is 0 Å². The molecule has 0 aromatic heterocycles. The second-order valence-electron chi connectivity index (χ2n) is 4.74. The van der Waals surface area contributed by atoms with Gasteiger partial charge in [0, 0.05) is 30.6 Å². The SMILES string of the molecule is COc1ccc(CNC2CC2)c(OCCCC#N)c1. The topological polar surface area (TPSA) is 54.3 Å². The maximum atomic E-state index is 8.52. The summed E-state index contributed by atoms with van der Waals surface area (Å²) in [5, 5.41) is 12.0. The average molecular weight is 260 g/mol. The van der Waals surface area contributed by atoms with E-state index in [4.69, 9.17) is 14.7 Å². The van der Waals surface area contributed by atoms with Crippen molar-refractivity contribution in [3.8, 4) is 17.6 Å². The van der Waals surface area contributed by atoms with E-state index in [1.165, 1.54) is 12.8 Å². The lowest BCUT2D eigenvalue weighted by molar-refractivity contribution is 0.306. The van der Waals surface area contributed by atoms with Gasteiger partial charge < -0.3 is 14.8 Å². The molecule has 19 heavy (non-hydrogen) atoms. The standard InChI is InChI=1S/C15H20N2O2/c1-18-14-7-4-12(11-17-13-5-6-13)15(10-14)19-9-3-2-8-16/h4,7,10,13,17H,2-3,5-6,9,11H2,1H3. The lowest BCUT2D eigenvalue weighted by atomic mass is 10.2. The van der Waals surface area contributed by atoms with Crippen LogP contribution in [0.3, 0.4) is 0 Å². The van der Waals surface area contributed by atoms with Crippen LogP contribution in [0.1, 0.15) is 31.2 Å². The number of ether oxygens (including phenoxy) is 2. The maximum Gasteiger partial charge on any atom is 0.127 e. The Balaban J connectivity index is 1.95. The molecule has 0 amide bonds. The van der Waals surface area contributed by atoms with Crippen LogP contribution in [0.15, 0.2) is 18.2 Å². The molecule has 2 rings (SSSR count). The Morgan fingerprint density at radius 2 is 2.26 bits per heavy atom. The van der Waals surface area contributed by atoms with Gasteiger partial charge in [0.15, 0.2) is 0 Å². The second-order valence-corrected chi connectivity index (χ2v) is 4.74. The molecule has 102 valence electrons. The molecular weight excluding hydrogens is 240 g/mol. The third-order valence-electron chi connectivity index (χ3n) is 3.12. The van der Waals surface area contributed by atoms with Crippen LogP contribution in [-0.2, 0) is 6.54 Å². The van der Waals surface area contributed by atoms with E-state index < -0.39 is 0 Å². The van der Waals surface area contributed by atoms with Crippen molar-refractivity contribution in [1.82, 2.24) is 5.32 Å². The van der Waals surface area contributed by atoms with E-state index in [1.54, 1.807) is 7.11 Å². The summed E-state index contributed by atoms with van der Waals surface area (Å²) in [5.41, 5.74) is 1.14. The highest BCUT2D eigenvalue weighted by Crippen LogP contribution is 2.26. The molecule has 0 aliphatic heterocycles. The number of nitriles is 1. The normalized spacial score (nSPS) is 13.9. The van der Waals surface area contributed by atoms with Crippen LogP contribution in [0, 0.1) is 11.3 Å². The molecule has 0 saturated heterocycles. The highest BCUT2D eigenvalue weighted by Gasteiger charge is 2.20. The lowest BCUT2D eigenvalue weighted by Gasteiger charge is -2.13. The van der Waals surface area contributed by atoms with Crippen LogP contribution in [0.2, 0.25) is 0 Å². The number of unbranched alkanes of at least 4 members (excludes halogenated alkanes) is 1. The Morgan fingerprint density at radius 1 is 1.42 bits per heavy atom. The maximum absolute atomic E-state index is 8.52. The Bertz CT molecular complexity index is 450. The number of nitrogens with one attached hydrogen (secondary N) is 1. The van der Waals surface area contributed by atoms with Crippen molar-refractivity contribution in [1.29, 1.82) is 5.26 Å². The summed E-state index contributed by atoms with van der Waals surface area (Å²) in [4.78, 5) is 0. The molecule has 1 aliphatic rings. The van der Waals surface area contributed by atoms with E-state index in [0.717, 1.165) is 30.0 Å². The molecule has 0 atom stereocenters. The van der Waals surface area contributed by atoms with Gasteiger partial charge in [0.2, 0.25) is 0 Å². The first kappa shape index (κ1) is 13.7. The zero-order valence-corrected chi connectivity index (χ0v) is 11.3. The first-order valence-electron chi connectivity index (χ1n) is 6.73. The summed E-state index contributed by atoms with van der Waals surface area (Å²) < 4.78 is 11.0. The molecule has 4 nitrogen and oxygen atoms in total. The van der Waals surface area contributed by atoms with E-state index in [1.807, 2.05) is 18.2 Å². The minimum Gasteiger partial charge on any atom is -0.497 e. The molecule has 1 fully saturated rings. The molecule has 0 heterocycles. The number of methoxy groups -OCH3 is 1.